The van der Waals surface area contributed by atoms with Gasteiger partial charge in [0.1, 0.15) is 0 Å². The highest BCUT2D eigenvalue weighted by molar-refractivity contribution is 4.84. The van der Waals surface area contributed by atoms with E-state index in [-0.39, 0.29) is 0 Å². The summed E-state index contributed by atoms with van der Waals surface area (Å²) in [4.78, 5) is 2.65. The summed E-state index contributed by atoms with van der Waals surface area (Å²) in [5.74, 6) is 0.920. The highest BCUT2D eigenvalue weighted by Gasteiger charge is 2.29. The normalized spacial score (nSPS) is 30.4. The Labute approximate surface area is 95.2 Å². The minimum absolute atomic E-state index is 0.644. The third-order valence-electron chi connectivity index (χ3n) is 3.99. The Morgan fingerprint density at radius 2 is 2.13 bits per heavy atom. The molecule has 0 bridgehead atoms. The standard InChI is InChI=1S/C13H28N2/c1-4-6-11(3)15-8-7-12(5-2)9-13(15)10-14/h11-13H,4-10,14H2,1-3H3. The Hall–Kier alpha value is -0.0800. The van der Waals surface area contributed by atoms with E-state index in [9.17, 15) is 0 Å². The maximum atomic E-state index is 5.90. The van der Waals surface area contributed by atoms with Crippen LogP contribution in [0.25, 0.3) is 0 Å². The molecule has 0 amide bonds. The number of piperidine rings is 1. The highest BCUT2D eigenvalue weighted by Crippen LogP contribution is 2.27. The van der Waals surface area contributed by atoms with Crippen LogP contribution >= 0.6 is 0 Å². The lowest BCUT2D eigenvalue weighted by molar-refractivity contribution is 0.0735. The molecular formula is C13H28N2. The van der Waals surface area contributed by atoms with Crippen LogP contribution in [-0.4, -0.2) is 30.1 Å². The van der Waals surface area contributed by atoms with Gasteiger partial charge in [-0.25, -0.2) is 0 Å². The first-order chi connectivity index (χ1) is 7.22. The van der Waals surface area contributed by atoms with Crippen LogP contribution in [0.3, 0.4) is 0 Å². The molecule has 0 spiro atoms. The average molecular weight is 212 g/mol. The molecule has 1 rings (SSSR count). The largest absolute Gasteiger partial charge is 0.329 e. The lowest BCUT2D eigenvalue weighted by atomic mass is 9.87. The summed E-state index contributed by atoms with van der Waals surface area (Å²) in [6.45, 7) is 9.04. The Balaban J connectivity index is 2.49. The van der Waals surface area contributed by atoms with Crippen LogP contribution in [-0.2, 0) is 0 Å². The molecule has 3 unspecified atom stereocenters. The van der Waals surface area contributed by atoms with Crippen LogP contribution in [0.15, 0.2) is 0 Å². The molecule has 0 radical (unpaired) electrons. The molecule has 90 valence electrons. The van der Waals surface area contributed by atoms with Crippen LogP contribution in [0.2, 0.25) is 0 Å². The molecule has 0 aromatic heterocycles. The van der Waals surface area contributed by atoms with Crippen molar-refractivity contribution in [3.63, 3.8) is 0 Å². The van der Waals surface area contributed by atoms with Gasteiger partial charge in [0.2, 0.25) is 0 Å². The minimum Gasteiger partial charge on any atom is -0.329 e. The van der Waals surface area contributed by atoms with Crippen LogP contribution in [0.1, 0.15) is 52.9 Å². The van der Waals surface area contributed by atoms with Crippen LogP contribution in [0, 0.1) is 5.92 Å². The van der Waals surface area contributed by atoms with Gasteiger partial charge in [-0.05, 0) is 38.6 Å². The van der Waals surface area contributed by atoms with E-state index in [2.05, 4.69) is 25.7 Å². The monoisotopic (exact) mass is 212 g/mol. The zero-order valence-corrected chi connectivity index (χ0v) is 10.7. The zero-order valence-electron chi connectivity index (χ0n) is 10.7. The molecule has 2 nitrogen and oxygen atoms in total. The molecule has 1 aliphatic heterocycles. The lowest BCUT2D eigenvalue weighted by Gasteiger charge is -2.42. The Bertz CT molecular complexity index is 170. The molecule has 2 heteroatoms. The molecule has 0 aliphatic carbocycles. The summed E-state index contributed by atoms with van der Waals surface area (Å²) < 4.78 is 0. The van der Waals surface area contributed by atoms with Crippen LogP contribution < -0.4 is 5.73 Å². The van der Waals surface area contributed by atoms with Crippen molar-refractivity contribution in [2.75, 3.05) is 13.1 Å². The fraction of sp³-hybridized carbons (Fsp3) is 1.00. The van der Waals surface area contributed by atoms with Gasteiger partial charge >= 0.3 is 0 Å². The molecule has 1 heterocycles. The molecule has 0 saturated carbocycles. The van der Waals surface area contributed by atoms with E-state index in [0.717, 1.165) is 18.5 Å². The van der Waals surface area contributed by atoms with Gasteiger partial charge in [0.25, 0.3) is 0 Å². The second kappa shape index (κ2) is 6.49. The molecule has 0 aromatic carbocycles. The summed E-state index contributed by atoms with van der Waals surface area (Å²) in [5, 5.41) is 0. The predicted octanol–water partition coefficient (Wildman–Crippen LogP) is 2.62. The number of nitrogens with zero attached hydrogens (tertiary/aromatic N) is 1. The summed E-state index contributed by atoms with van der Waals surface area (Å²) in [6.07, 6.45) is 6.62. The van der Waals surface area contributed by atoms with Crippen molar-refractivity contribution in [2.24, 2.45) is 11.7 Å². The number of likely N-dealkylation sites (tertiary alicyclic amines) is 1. The second-order valence-corrected chi connectivity index (χ2v) is 5.06. The van der Waals surface area contributed by atoms with Crippen molar-refractivity contribution in [1.29, 1.82) is 0 Å². The van der Waals surface area contributed by atoms with Crippen molar-refractivity contribution >= 4 is 0 Å². The average Bonchev–Trinajstić information content (AvgIpc) is 2.28. The first-order valence-corrected chi connectivity index (χ1v) is 6.68. The smallest absolute Gasteiger partial charge is 0.0223 e. The van der Waals surface area contributed by atoms with Crippen molar-refractivity contribution in [1.82, 2.24) is 4.90 Å². The van der Waals surface area contributed by atoms with Gasteiger partial charge in [0.05, 0.1) is 0 Å². The first-order valence-electron chi connectivity index (χ1n) is 6.68. The number of hydrogen-bond donors (Lipinski definition) is 1. The van der Waals surface area contributed by atoms with Crippen LogP contribution in [0.4, 0.5) is 0 Å². The van der Waals surface area contributed by atoms with E-state index in [1.807, 2.05) is 0 Å². The van der Waals surface area contributed by atoms with E-state index < -0.39 is 0 Å². The molecule has 15 heavy (non-hydrogen) atoms. The molecule has 1 saturated heterocycles. The van der Waals surface area contributed by atoms with Gasteiger partial charge in [-0.1, -0.05) is 26.7 Å². The van der Waals surface area contributed by atoms with Crippen LogP contribution in [0.5, 0.6) is 0 Å². The zero-order chi connectivity index (χ0) is 11.3. The first kappa shape index (κ1) is 13.0. The van der Waals surface area contributed by atoms with Crippen molar-refractivity contribution in [2.45, 2.75) is 65.0 Å². The highest BCUT2D eigenvalue weighted by atomic mass is 15.2. The molecule has 1 fully saturated rings. The van der Waals surface area contributed by atoms with Gasteiger partial charge in [-0.2, -0.15) is 0 Å². The summed E-state index contributed by atoms with van der Waals surface area (Å²) in [6, 6.07) is 1.37. The number of hydrogen-bond acceptors (Lipinski definition) is 2. The fourth-order valence-electron chi connectivity index (χ4n) is 2.92. The lowest BCUT2D eigenvalue weighted by Crippen LogP contribution is -2.50. The van der Waals surface area contributed by atoms with Gasteiger partial charge in [-0.15, -0.1) is 0 Å². The topological polar surface area (TPSA) is 29.3 Å². The van der Waals surface area contributed by atoms with E-state index >= 15 is 0 Å². The molecule has 1 aliphatic rings. The van der Waals surface area contributed by atoms with Crippen molar-refractivity contribution in [3.05, 3.63) is 0 Å². The Morgan fingerprint density at radius 3 is 2.67 bits per heavy atom. The summed E-state index contributed by atoms with van der Waals surface area (Å²) in [7, 11) is 0. The van der Waals surface area contributed by atoms with Crippen molar-refractivity contribution < 1.29 is 0 Å². The van der Waals surface area contributed by atoms with E-state index in [4.69, 9.17) is 5.73 Å². The van der Waals surface area contributed by atoms with E-state index in [1.54, 1.807) is 0 Å². The Kier molecular flexibility index (Phi) is 5.62. The summed E-state index contributed by atoms with van der Waals surface area (Å²) >= 11 is 0. The van der Waals surface area contributed by atoms with Gasteiger partial charge in [-0.3, -0.25) is 4.90 Å². The third kappa shape index (κ3) is 3.46. The Morgan fingerprint density at radius 1 is 1.40 bits per heavy atom. The van der Waals surface area contributed by atoms with Gasteiger partial charge in [0.15, 0.2) is 0 Å². The van der Waals surface area contributed by atoms with Gasteiger partial charge < -0.3 is 5.73 Å². The van der Waals surface area contributed by atoms with E-state index in [1.165, 1.54) is 38.6 Å². The minimum atomic E-state index is 0.644. The fourth-order valence-corrected chi connectivity index (χ4v) is 2.92. The maximum absolute atomic E-state index is 5.90. The predicted molar refractivity (Wildman–Crippen MR) is 66.9 cm³/mol. The summed E-state index contributed by atoms with van der Waals surface area (Å²) in [5.41, 5.74) is 5.90. The SMILES string of the molecule is CCCC(C)N1CCC(CC)CC1CN. The molecular weight excluding hydrogens is 184 g/mol. The number of nitrogens with two attached hydrogens (primary N) is 1. The second-order valence-electron chi connectivity index (χ2n) is 5.06. The molecule has 0 aromatic rings. The quantitative estimate of drug-likeness (QED) is 0.759. The van der Waals surface area contributed by atoms with Gasteiger partial charge in [0, 0.05) is 18.6 Å². The third-order valence-corrected chi connectivity index (χ3v) is 3.99. The maximum Gasteiger partial charge on any atom is 0.0223 e. The van der Waals surface area contributed by atoms with Crippen molar-refractivity contribution in [3.8, 4) is 0 Å². The molecule has 3 atom stereocenters. The molecule has 2 N–H and O–H groups in total. The van der Waals surface area contributed by atoms with E-state index in [0.29, 0.717) is 6.04 Å². The number of rotatable bonds is 5.